The van der Waals surface area contributed by atoms with E-state index in [2.05, 4.69) is 55.1 Å². The molecule has 0 spiro atoms. The van der Waals surface area contributed by atoms with Crippen LogP contribution in [-0.4, -0.2) is 45.6 Å². The molecule has 1 aromatic rings. The molecule has 1 heterocycles. The molecule has 110 valence electrons. The number of likely N-dealkylation sites (N-methyl/N-ethyl adjacent to an activating group) is 1. The first-order valence-electron chi connectivity index (χ1n) is 7.36. The maximum Gasteiger partial charge on any atom is 0.0964 e. The van der Waals surface area contributed by atoms with E-state index in [1.165, 1.54) is 0 Å². The van der Waals surface area contributed by atoms with Gasteiger partial charge in [0.15, 0.2) is 0 Å². The first-order chi connectivity index (χ1) is 9.02. The standard InChI is InChI=1S/C14H29N5/c1-6-18(13(4)5)7-8-19-11-14(16-17-19)10-15-9-12(2)3/h11-13,15H,6-10H2,1-5H3. The van der Waals surface area contributed by atoms with Crippen molar-refractivity contribution in [3.63, 3.8) is 0 Å². The number of aromatic nitrogens is 3. The molecule has 0 aromatic carbocycles. The molecular formula is C14H29N5. The first-order valence-corrected chi connectivity index (χ1v) is 7.36. The van der Waals surface area contributed by atoms with Gasteiger partial charge in [-0.3, -0.25) is 9.58 Å². The van der Waals surface area contributed by atoms with Crippen molar-refractivity contribution in [2.24, 2.45) is 5.92 Å². The summed E-state index contributed by atoms with van der Waals surface area (Å²) in [6, 6.07) is 0.584. The summed E-state index contributed by atoms with van der Waals surface area (Å²) in [4.78, 5) is 2.43. The average Bonchev–Trinajstić information content (AvgIpc) is 2.77. The monoisotopic (exact) mass is 267 g/mol. The second-order valence-corrected chi connectivity index (χ2v) is 5.72. The fourth-order valence-electron chi connectivity index (χ4n) is 2.03. The third-order valence-corrected chi connectivity index (χ3v) is 3.20. The summed E-state index contributed by atoms with van der Waals surface area (Å²) in [5.74, 6) is 0.666. The molecule has 1 aromatic heterocycles. The molecule has 0 bridgehead atoms. The van der Waals surface area contributed by atoms with E-state index in [-0.39, 0.29) is 0 Å². The summed E-state index contributed by atoms with van der Waals surface area (Å²) < 4.78 is 1.94. The Labute approximate surface area is 117 Å². The maximum absolute atomic E-state index is 4.19. The van der Waals surface area contributed by atoms with Gasteiger partial charge in [0, 0.05) is 25.3 Å². The minimum Gasteiger partial charge on any atom is -0.311 e. The molecule has 0 saturated carbocycles. The van der Waals surface area contributed by atoms with Crippen LogP contribution in [0.15, 0.2) is 6.20 Å². The van der Waals surface area contributed by atoms with Gasteiger partial charge in [-0.05, 0) is 32.9 Å². The van der Waals surface area contributed by atoms with Crippen molar-refractivity contribution in [3.05, 3.63) is 11.9 Å². The number of nitrogens with one attached hydrogen (secondary N) is 1. The van der Waals surface area contributed by atoms with Crippen LogP contribution >= 0.6 is 0 Å². The summed E-state index contributed by atoms with van der Waals surface area (Å²) in [6.07, 6.45) is 2.04. The molecule has 1 rings (SSSR count). The number of hydrogen-bond donors (Lipinski definition) is 1. The van der Waals surface area contributed by atoms with E-state index in [9.17, 15) is 0 Å². The Kier molecular flexibility index (Phi) is 7.02. The molecule has 0 atom stereocenters. The minimum atomic E-state index is 0.584. The molecule has 0 aliphatic heterocycles. The highest BCUT2D eigenvalue weighted by Gasteiger charge is 2.07. The Morgan fingerprint density at radius 3 is 2.63 bits per heavy atom. The van der Waals surface area contributed by atoms with E-state index < -0.39 is 0 Å². The molecule has 19 heavy (non-hydrogen) atoms. The van der Waals surface area contributed by atoms with Crippen LogP contribution in [0.25, 0.3) is 0 Å². The van der Waals surface area contributed by atoms with Crippen LogP contribution < -0.4 is 5.32 Å². The molecule has 0 saturated heterocycles. The summed E-state index contributed by atoms with van der Waals surface area (Å²) in [7, 11) is 0. The smallest absolute Gasteiger partial charge is 0.0964 e. The van der Waals surface area contributed by atoms with Crippen molar-refractivity contribution in [3.8, 4) is 0 Å². The lowest BCUT2D eigenvalue weighted by Gasteiger charge is -2.24. The summed E-state index contributed by atoms with van der Waals surface area (Å²) in [5, 5.41) is 11.8. The van der Waals surface area contributed by atoms with Crippen LogP contribution in [0.2, 0.25) is 0 Å². The maximum atomic E-state index is 4.19. The van der Waals surface area contributed by atoms with Gasteiger partial charge < -0.3 is 5.32 Å². The molecule has 0 aliphatic rings. The van der Waals surface area contributed by atoms with Gasteiger partial charge in [0.1, 0.15) is 0 Å². The second-order valence-electron chi connectivity index (χ2n) is 5.72. The molecular weight excluding hydrogens is 238 g/mol. The molecule has 0 fully saturated rings. The van der Waals surface area contributed by atoms with Gasteiger partial charge in [-0.2, -0.15) is 0 Å². The van der Waals surface area contributed by atoms with Crippen LogP contribution in [0.4, 0.5) is 0 Å². The number of nitrogens with zero attached hydrogens (tertiary/aromatic N) is 4. The van der Waals surface area contributed by atoms with Crippen LogP contribution in [-0.2, 0) is 13.1 Å². The third kappa shape index (κ3) is 6.16. The highest BCUT2D eigenvalue weighted by Crippen LogP contribution is 1.99. The Morgan fingerprint density at radius 1 is 1.32 bits per heavy atom. The number of rotatable bonds is 9. The topological polar surface area (TPSA) is 46.0 Å². The highest BCUT2D eigenvalue weighted by atomic mass is 15.4. The van der Waals surface area contributed by atoms with E-state index in [4.69, 9.17) is 0 Å². The number of hydrogen-bond acceptors (Lipinski definition) is 4. The van der Waals surface area contributed by atoms with Crippen molar-refractivity contribution >= 4 is 0 Å². The first kappa shape index (κ1) is 16.1. The Hall–Kier alpha value is -0.940. The SMILES string of the molecule is CCN(CCn1cc(CNCC(C)C)nn1)C(C)C. The van der Waals surface area contributed by atoms with Crippen molar-refractivity contribution < 1.29 is 0 Å². The molecule has 0 radical (unpaired) electrons. The summed E-state index contributed by atoms with van der Waals surface area (Å²) >= 11 is 0. The van der Waals surface area contributed by atoms with Gasteiger partial charge >= 0.3 is 0 Å². The van der Waals surface area contributed by atoms with Gasteiger partial charge in [0.2, 0.25) is 0 Å². The fraction of sp³-hybridized carbons (Fsp3) is 0.857. The van der Waals surface area contributed by atoms with Gasteiger partial charge in [0.05, 0.1) is 12.2 Å². The van der Waals surface area contributed by atoms with Gasteiger partial charge in [-0.1, -0.05) is 26.0 Å². The third-order valence-electron chi connectivity index (χ3n) is 3.20. The van der Waals surface area contributed by atoms with Crippen LogP contribution in [0.1, 0.15) is 40.3 Å². The van der Waals surface area contributed by atoms with E-state index in [0.29, 0.717) is 12.0 Å². The van der Waals surface area contributed by atoms with Gasteiger partial charge in [-0.15, -0.1) is 5.10 Å². The van der Waals surface area contributed by atoms with Crippen molar-refractivity contribution in [2.75, 3.05) is 19.6 Å². The van der Waals surface area contributed by atoms with Crippen LogP contribution in [0.5, 0.6) is 0 Å². The molecule has 0 unspecified atom stereocenters. The predicted octanol–water partition coefficient (Wildman–Crippen LogP) is 1.75. The Balaban J connectivity index is 2.34. The highest BCUT2D eigenvalue weighted by molar-refractivity contribution is 4.91. The van der Waals surface area contributed by atoms with Crippen LogP contribution in [0, 0.1) is 5.92 Å². The predicted molar refractivity (Wildman–Crippen MR) is 78.9 cm³/mol. The molecule has 0 amide bonds. The van der Waals surface area contributed by atoms with Crippen LogP contribution in [0.3, 0.4) is 0 Å². The largest absolute Gasteiger partial charge is 0.311 e. The van der Waals surface area contributed by atoms with Gasteiger partial charge in [0.25, 0.3) is 0 Å². The van der Waals surface area contributed by atoms with Crippen molar-refractivity contribution in [1.82, 2.24) is 25.2 Å². The fourth-order valence-corrected chi connectivity index (χ4v) is 2.03. The van der Waals surface area contributed by atoms with E-state index >= 15 is 0 Å². The molecule has 0 aliphatic carbocycles. The zero-order chi connectivity index (χ0) is 14.3. The normalized spacial score (nSPS) is 12.0. The van der Waals surface area contributed by atoms with Crippen molar-refractivity contribution in [1.29, 1.82) is 0 Å². The van der Waals surface area contributed by atoms with E-state index in [0.717, 1.165) is 38.4 Å². The quantitative estimate of drug-likeness (QED) is 0.740. The summed E-state index contributed by atoms with van der Waals surface area (Å²) in [6.45, 7) is 15.9. The molecule has 5 heteroatoms. The van der Waals surface area contributed by atoms with Crippen molar-refractivity contribution in [2.45, 2.75) is 53.8 Å². The average molecular weight is 267 g/mol. The van der Waals surface area contributed by atoms with E-state index in [1.54, 1.807) is 0 Å². The zero-order valence-corrected chi connectivity index (χ0v) is 13.1. The lowest BCUT2D eigenvalue weighted by Crippen LogP contribution is -2.33. The Morgan fingerprint density at radius 2 is 2.05 bits per heavy atom. The Bertz CT molecular complexity index is 345. The van der Waals surface area contributed by atoms with E-state index in [1.807, 2.05) is 10.9 Å². The molecule has 1 N–H and O–H groups in total. The molecule has 5 nitrogen and oxygen atoms in total. The lowest BCUT2D eigenvalue weighted by atomic mass is 10.2. The zero-order valence-electron chi connectivity index (χ0n) is 13.1. The van der Waals surface area contributed by atoms with Gasteiger partial charge in [-0.25, -0.2) is 0 Å². The minimum absolute atomic E-state index is 0.584. The summed E-state index contributed by atoms with van der Waals surface area (Å²) in [5.41, 5.74) is 1.02. The lowest BCUT2D eigenvalue weighted by molar-refractivity contribution is 0.220. The second kappa shape index (κ2) is 8.27.